The molecule has 0 aliphatic heterocycles. The molecule has 0 aliphatic rings. The number of carbonyl (C=O) groups is 1. The van der Waals surface area contributed by atoms with Gasteiger partial charge in [0.15, 0.2) is 0 Å². The third-order valence-corrected chi connectivity index (χ3v) is 1.97. The van der Waals surface area contributed by atoms with E-state index in [0.29, 0.717) is 17.9 Å². The van der Waals surface area contributed by atoms with Crippen molar-refractivity contribution in [2.75, 3.05) is 0 Å². The molecule has 2 nitrogen and oxygen atoms in total. The number of aryl methyl sites for hydroxylation is 1. The highest BCUT2D eigenvalue weighted by Crippen LogP contribution is 2.15. The van der Waals surface area contributed by atoms with Crippen LogP contribution < -0.4 is 5.73 Å². The van der Waals surface area contributed by atoms with Crippen LogP contribution in [0.15, 0.2) is 24.3 Å². The molecule has 1 rings (SSSR count). The SMILES string of the molecule is NC(=O)CCc1ccccc1Cl. The summed E-state index contributed by atoms with van der Waals surface area (Å²) < 4.78 is 0. The molecule has 64 valence electrons. The molecule has 0 bridgehead atoms. The van der Waals surface area contributed by atoms with Crippen LogP contribution in [0, 0.1) is 0 Å². The molecule has 1 aromatic rings. The van der Waals surface area contributed by atoms with Crippen LogP contribution in [0.4, 0.5) is 0 Å². The van der Waals surface area contributed by atoms with Crippen molar-refractivity contribution < 1.29 is 4.79 Å². The number of hydrogen-bond acceptors (Lipinski definition) is 1. The topological polar surface area (TPSA) is 43.1 Å². The zero-order valence-electron chi connectivity index (χ0n) is 6.59. The van der Waals surface area contributed by atoms with Crippen LogP contribution in [0.25, 0.3) is 0 Å². The minimum Gasteiger partial charge on any atom is -0.370 e. The summed E-state index contributed by atoms with van der Waals surface area (Å²) in [5, 5.41) is 0.693. The Morgan fingerprint density at radius 3 is 2.67 bits per heavy atom. The molecule has 0 radical (unpaired) electrons. The van der Waals surface area contributed by atoms with E-state index in [9.17, 15) is 4.79 Å². The Balaban J connectivity index is 2.63. The van der Waals surface area contributed by atoms with E-state index in [1.165, 1.54) is 0 Å². The number of hydrogen-bond donors (Lipinski definition) is 1. The molecular weight excluding hydrogens is 174 g/mol. The molecule has 0 saturated heterocycles. The highest BCUT2D eigenvalue weighted by atomic mass is 35.5. The van der Waals surface area contributed by atoms with Crippen molar-refractivity contribution in [3.63, 3.8) is 0 Å². The van der Waals surface area contributed by atoms with Crippen LogP contribution in [-0.2, 0) is 11.2 Å². The molecule has 0 saturated carbocycles. The lowest BCUT2D eigenvalue weighted by Crippen LogP contribution is -2.11. The van der Waals surface area contributed by atoms with E-state index in [1.807, 2.05) is 18.2 Å². The van der Waals surface area contributed by atoms with Gasteiger partial charge >= 0.3 is 0 Å². The Labute approximate surface area is 76.3 Å². The number of carbonyl (C=O) groups excluding carboxylic acids is 1. The number of halogens is 1. The maximum absolute atomic E-state index is 10.5. The Bertz CT molecular complexity index is 286. The fourth-order valence-corrected chi connectivity index (χ4v) is 1.19. The van der Waals surface area contributed by atoms with E-state index in [1.54, 1.807) is 6.07 Å². The van der Waals surface area contributed by atoms with E-state index in [0.717, 1.165) is 5.56 Å². The first kappa shape index (κ1) is 9.07. The lowest BCUT2D eigenvalue weighted by Gasteiger charge is -2.00. The summed E-state index contributed by atoms with van der Waals surface area (Å²) >= 11 is 5.86. The van der Waals surface area contributed by atoms with Gasteiger partial charge in [-0.25, -0.2) is 0 Å². The van der Waals surface area contributed by atoms with Gasteiger partial charge in [-0.2, -0.15) is 0 Å². The summed E-state index contributed by atoms with van der Waals surface area (Å²) in [5.41, 5.74) is 5.98. The predicted octanol–water partition coefficient (Wildman–Crippen LogP) is 1.76. The summed E-state index contributed by atoms with van der Waals surface area (Å²) in [5.74, 6) is -0.296. The number of nitrogens with two attached hydrogens (primary N) is 1. The van der Waals surface area contributed by atoms with Crippen molar-refractivity contribution >= 4 is 17.5 Å². The number of primary amides is 1. The summed E-state index contributed by atoms with van der Waals surface area (Å²) in [4.78, 5) is 10.5. The van der Waals surface area contributed by atoms with Crippen molar-refractivity contribution in [3.05, 3.63) is 34.9 Å². The molecule has 0 aliphatic carbocycles. The van der Waals surface area contributed by atoms with Gasteiger partial charge in [0, 0.05) is 11.4 Å². The maximum Gasteiger partial charge on any atom is 0.217 e. The normalized spacial score (nSPS) is 9.75. The highest BCUT2D eigenvalue weighted by molar-refractivity contribution is 6.31. The van der Waals surface area contributed by atoms with Crippen molar-refractivity contribution in [3.8, 4) is 0 Å². The molecule has 12 heavy (non-hydrogen) atoms. The molecule has 0 atom stereocenters. The van der Waals surface area contributed by atoms with Gasteiger partial charge in [-0.15, -0.1) is 0 Å². The Hall–Kier alpha value is -1.02. The molecular formula is C9H10ClNO. The van der Waals surface area contributed by atoms with Crippen LogP contribution >= 0.6 is 11.6 Å². The Kier molecular flexibility index (Phi) is 3.11. The van der Waals surface area contributed by atoms with Gasteiger partial charge in [0.25, 0.3) is 0 Å². The molecule has 1 aromatic carbocycles. The number of rotatable bonds is 3. The highest BCUT2D eigenvalue weighted by Gasteiger charge is 2.00. The second-order valence-corrected chi connectivity index (χ2v) is 2.96. The van der Waals surface area contributed by atoms with Gasteiger partial charge in [-0.1, -0.05) is 29.8 Å². The Morgan fingerprint density at radius 1 is 1.42 bits per heavy atom. The van der Waals surface area contributed by atoms with E-state index < -0.39 is 0 Å². The standard InChI is InChI=1S/C9H10ClNO/c10-8-4-2-1-3-7(8)5-6-9(11)12/h1-4H,5-6H2,(H2,11,12). The monoisotopic (exact) mass is 183 g/mol. The fraction of sp³-hybridized carbons (Fsp3) is 0.222. The van der Waals surface area contributed by atoms with Gasteiger partial charge in [-0.05, 0) is 18.1 Å². The van der Waals surface area contributed by atoms with Crippen LogP contribution in [0.3, 0.4) is 0 Å². The molecule has 3 heteroatoms. The number of benzene rings is 1. The molecule has 0 aromatic heterocycles. The lowest BCUT2D eigenvalue weighted by atomic mass is 10.1. The lowest BCUT2D eigenvalue weighted by molar-refractivity contribution is -0.117. The van der Waals surface area contributed by atoms with E-state index in [-0.39, 0.29) is 5.91 Å². The largest absolute Gasteiger partial charge is 0.370 e. The Morgan fingerprint density at radius 2 is 2.08 bits per heavy atom. The van der Waals surface area contributed by atoms with Crippen LogP contribution in [0.2, 0.25) is 5.02 Å². The molecule has 1 amide bonds. The van der Waals surface area contributed by atoms with Crippen LogP contribution in [0.1, 0.15) is 12.0 Å². The second kappa shape index (κ2) is 4.12. The second-order valence-electron chi connectivity index (χ2n) is 2.56. The van der Waals surface area contributed by atoms with E-state index >= 15 is 0 Å². The van der Waals surface area contributed by atoms with Crippen LogP contribution in [0.5, 0.6) is 0 Å². The van der Waals surface area contributed by atoms with Gasteiger partial charge in [0.1, 0.15) is 0 Å². The van der Waals surface area contributed by atoms with Gasteiger partial charge < -0.3 is 5.73 Å². The van der Waals surface area contributed by atoms with Gasteiger partial charge in [0.2, 0.25) is 5.91 Å². The third-order valence-electron chi connectivity index (χ3n) is 1.60. The zero-order valence-corrected chi connectivity index (χ0v) is 7.34. The minimum atomic E-state index is -0.296. The minimum absolute atomic E-state index is 0.296. The molecule has 0 unspecified atom stereocenters. The predicted molar refractivity (Wildman–Crippen MR) is 49.0 cm³/mol. The smallest absolute Gasteiger partial charge is 0.217 e. The quantitative estimate of drug-likeness (QED) is 0.763. The maximum atomic E-state index is 10.5. The van der Waals surface area contributed by atoms with Gasteiger partial charge in [0.05, 0.1) is 0 Å². The number of amides is 1. The first-order valence-electron chi connectivity index (χ1n) is 3.72. The van der Waals surface area contributed by atoms with Crippen molar-refractivity contribution in [2.45, 2.75) is 12.8 Å². The third kappa shape index (κ3) is 2.55. The molecule has 2 N–H and O–H groups in total. The fourth-order valence-electron chi connectivity index (χ4n) is 0.959. The van der Waals surface area contributed by atoms with Crippen molar-refractivity contribution in [1.29, 1.82) is 0 Å². The summed E-state index contributed by atoms with van der Waals surface area (Å²) in [6.45, 7) is 0. The van der Waals surface area contributed by atoms with E-state index in [4.69, 9.17) is 17.3 Å². The molecule has 0 fully saturated rings. The zero-order chi connectivity index (χ0) is 8.97. The average molecular weight is 184 g/mol. The summed E-state index contributed by atoms with van der Waals surface area (Å²) in [7, 11) is 0. The molecule has 0 heterocycles. The summed E-state index contributed by atoms with van der Waals surface area (Å²) in [6, 6.07) is 7.45. The van der Waals surface area contributed by atoms with Crippen molar-refractivity contribution in [2.24, 2.45) is 5.73 Å². The van der Waals surface area contributed by atoms with Gasteiger partial charge in [-0.3, -0.25) is 4.79 Å². The summed E-state index contributed by atoms with van der Waals surface area (Å²) in [6.07, 6.45) is 0.971. The first-order valence-corrected chi connectivity index (χ1v) is 4.09. The van der Waals surface area contributed by atoms with Crippen LogP contribution in [-0.4, -0.2) is 5.91 Å². The average Bonchev–Trinajstić information content (AvgIpc) is 2.03. The van der Waals surface area contributed by atoms with E-state index in [2.05, 4.69) is 0 Å². The van der Waals surface area contributed by atoms with Crippen molar-refractivity contribution in [1.82, 2.24) is 0 Å². The molecule has 0 spiro atoms. The first-order chi connectivity index (χ1) is 5.70.